The van der Waals surface area contributed by atoms with Gasteiger partial charge in [0, 0.05) is 9.13 Å². The van der Waals surface area contributed by atoms with E-state index in [0.717, 1.165) is 20.3 Å². The molecule has 30 heavy (non-hydrogen) atoms. The molecule has 0 aliphatic carbocycles. The second-order valence-corrected chi connectivity index (χ2v) is 8.62. The van der Waals surface area contributed by atoms with Gasteiger partial charge in [-0.1, -0.05) is 29.8 Å². The molecular formula is C24H20INO4. The maximum Gasteiger partial charge on any atom is 0.296 e. The average Bonchev–Trinajstić information content (AvgIpc) is 3.32. The molecule has 152 valence electrons. The van der Waals surface area contributed by atoms with E-state index in [1.807, 2.05) is 56.3 Å². The molecule has 6 heteroatoms. The first-order chi connectivity index (χ1) is 14.4. The minimum Gasteiger partial charge on any atom is -0.507 e. The Hall–Kier alpha value is -2.87. The number of ketones is 1. The summed E-state index contributed by atoms with van der Waals surface area (Å²) in [5.41, 5.74) is 3.20. The number of aliphatic hydroxyl groups excluding tert-OH is 1. The Labute approximate surface area is 188 Å². The number of aliphatic hydroxyl groups is 1. The van der Waals surface area contributed by atoms with Crippen molar-refractivity contribution in [2.45, 2.75) is 26.4 Å². The molecule has 1 aliphatic rings. The van der Waals surface area contributed by atoms with Crippen LogP contribution >= 0.6 is 22.6 Å². The summed E-state index contributed by atoms with van der Waals surface area (Å²) >= 11 is 2.20. The molecule has 0 saturated carbocycles. The van der Waals surface area contributed by atoms with Gasteiger partial charge in [-0.3, -0.25) is 9.59 Å². The van der Waals surface area contributed by atoms with Crippen LogP contribution in [-0.4, -0.2) is 21.7 Å². The van der Waals surface area contributed by atoms with E-state index in [-0.39, 0.29) is 17.9 Å². The lowest BCUT2D eigenvalue weighted by Crippen LogP contribution is -2.29. The van der Waals surface area contributed by atoms with E-state index in [2.05, 4.69) is 22.6 Å². The normalized spacial score (nSPS) is 18.2. The number of Topliss-reactive ketones (excluding diaryl/α,β-unsaturated/α-hetero) is 1. The van der Waals surface area contributed by atoms with Crippen molar-refractivity contribution in [3.05, 3.63) is 98.0 Å². The Morgan fingerprint density at radius 1 is 1.10 bits per heavy atom. The summed E-state index contributed by atoms with van der Waals surface area (Å²) in [6.45, 7) is 3.92. The van der Waals surface area contributed by atoms with E-state index < -0.39 is 17.7 Å². The van der Waals surface area contributed by atoms with E-state index in [9.17, 15) is 14.7 Å². The minimum absolute atomic E-state index is 0.0986. The largest absolute Gasteiger partial charge is 0.507 e. The quantitative estimate of drug-likeness (QED) is 0.228. The minimum atomic E-state index is -0.702. The van der Waals surface area contributed by atoms with E-state index in [1.165, 1.54) is 11.2 Å². The molecule has 1 saturated heterocycles. The lowest BCUT2D eigenvalue weighted by Gasteiger charge is -2.24. The highest BCUT2D eigenvalue weighted by Crippen LogP contribution is 2.41. The summed E-state index contributed by atoms with van der Waals surface area (Å²) in [7, 11) is 0. The number of benzene rings is 2. The number of carbonyl (C=O) groups is 2. The van der Waals surface area contributed by atoms with Crippen molar-refractivity contribution in [3.63, 3.8) is 0 Å². The molecule has 0 spiro atoms. The fraction of sp³-hybridized carbons (Fsp3) is 0.167. The van der Waals surface area contributed by atoms with Crippen molar-refractivity contribution >= 4 is 40.0 Å². The third-order valence-electron chi connectivity index (χ3n) is 5.28. The highest BCUT2D eigenvalue weighted by atomic mass is 127. The SMILES string of the molecule is Cc1ccc(C)c(/C(O)=C2\C(=O)C(=O)N(Cc3ccco3)C2c2ccc(I)cc2)c1. The summed E-state index contributed by atoms with van der Waals surface area (Å²) in [4.78, 5) is 27.5. The van der Waals surface area contributed by atoms with Gasteiger partial charge in [0.05, 0.1) is 24.4 Å². The van der Waals surface area contributed by atoms with Gasteiger partial charge in [0.25, 0.3) is 11.7 Å². The second-order valence-electron chi connectivity index (χ2n) is 7.38. The number of halogens is 1. The number of hydrogen-bond donors (Lipinski definition) is 1. The van der Waals surface area contributed by atoms with Crippen molar-refractivity contribution in [2.75, 3.05) is 0 Å². The van der Waals surface area contributed by atoms with Crippen LogP contribution in [0, 0.1) is 17.4 Å². The molecule has 1 unspecified atom stereocenters. The van der Waals surface area contributed by atoms with Gasteiger partial charge in [-0.15, -0.1) is 0 Å². The molecule has 1 aromatic heterocycles. The molecule has 4 rings (SSSR count). The van der Waals surface area contributed by atoms with Crippen LogP contribution in [0.5, 0.6) is 0 Å². The lowest BCUT2D eigenvalue weighted by molar-refractivity contribution is -0.140. The Kier molecular flexibility index (Phi) is 5.51. The standard InChI is InChI=1S/C24H20INO4/c1-14-5-6-15(2)19(12-14)22(27)20-21(16-7-9-17(25)10-8-16)26(24(29)23(20)28)13-18-4-3-11-30-18/h3-12,21,27H,13H2,1-2H3/b22-20+. The molecule has 0 radical (unpaired) electrons. The van der Waals surface area contributed by atoms with Gasteiger partial charge in [0.15, 0.2) is 0 Å². The number of hydrogen-bond acceptors (Lipinski definition) is 4. The molecule has 2 heterocycles. The average molecular weight is 513 g/mol. The van der Waals surface area contributed by atoms with E-state index in [4.69, 9.17) is 4.42 Å². The van der Waals surface area contributed by atoms with Gasteiger partial charge in [-0.2, -0.15) is 0 Å². The van der Waals surface area contributed by atoms with Crippen LogP contribution in [0.2, 0.25) is 0 Å². The van der Waals surface area contributed by atoms with Crippen molar-refractivity contribution in [1.82, 2.24) is 4.90 Å². The fourth-order valence-corrected chi connectivity index (χ4v) is 4.10. The summed E-state index contributed by atoms with van der Waals surface area (Å²) < 4.78 is 6.45. The Bertz CT molecular complexity index is 1150. The first-order valence-electron chi connectivity index (χ1n) is 9.50. The predicted octanol–water partition coefficient (Wildman–Crippen LogP) is 5.12. The Balaban J connectivity index is 1.90. The number of likely N-dealkylation sites (tertiary alicyclic amines) is 1. The maximum atomic E-state index is 13.1. The summed E-state index contributed by atoms with van der Waals surface area (Å²) in [6.07, 6.45) is 1.53. The van der Waals surface area contributed by atoms with Gasteiger partial charge < -0.3 is 14.4 Å². The van der Waals surface area contributed by atoms with E-state index in [1.54, 1.807) is 12.1 Å². The molecule has 1 N–H and O–H groups in total. The number of amides is 1. The molecule has 1 aliphatic heterocycles. The first-order valence-corrected chi connectivity index (χ1v) is 10.6. The Morgan fingerprint density at radius 3 is 2.50 bits per heavy atom. The van der Waals surface area contributed by atoms with E-state index >= 15 is 0 Å². The second kappa shape index (κ2) is 8.10. The van der Waals surface area contributed by atoms with Crippen LogP contribution in [-0.2, 0) is 16.1 Å². The maximum absolute atomic E-state index is 13.1. The zero-order valence-corrected chi connectivity index (χ0v) is 18.7. The van der Waals surface area contributed by atoms with Gasteiger partial charge >= 0.3 is 0 Å². The third kappa shape index (κ3) is 3.67. The van der Waals surface area contributed by atoms with Crippen LogP contribution in [0.15, 0.2) is 70.9 Å². The topological polar surface area (TPSA) is 70.8 Å². The molecule has 3 aromatic rings. The zero-order valence-electron chi connectivity index (χ0n) is 16.6. The number of rotatable bonds is 4. The molecule has 5 nitrogen and oxygen atoms in total. The van der Waals surface area contributed by atoms with Gasteiger partial charge in [0.2, 0.25) is 0 Å². The number of nitrogens with zero attached hydrogens (tertiary/aromatic N) is 1. The molecule has 1 fully saturated rings. The van der Waals surface area contributed by atoms with Gasteiger partial charge in [0.1, 0.15) is 11.5 Å². The smallest absolute Gasteiger partial charge is 0.296 e. The van der Waals surface area contributed by atoms with Gasteiger partial charge in [-0.05, 0) is 77.9 Å². The van der Waals surface area contributed by atoms with Crippen LogP contribution in [0.1, 0.15) is 34.1 Å². The first kappa shape index (κ1) is 20.4. The van der Waals surface area contributed by atoms with Crippen LogP contribution in [0.4, 0.5) is 0 Å². The number of aryl methyl sites for hydroxylation is 2. The number of furan rings is 1. The van der Waals surface area contributed by atoms with Crippen molar-refractivity contribution < 1.29 is 19.1 Å². The predicted molar refractivity (Wildman–Crippen MR) is 122 cm³/mol. The molecular weight excluding hydrogens is 493 g/mol. The molecule has 0 bridgehead atoms. The van der Waals surface area contributed by atoms with Crippen LogP contribution in [0.25, 0.3) is 5.76 Å². The highest BCUT2D eigenvalue weighted by molar-refractivity contribution is 14.1. The lowest BCUT2D eigenvalue weighted by atomic mass is 9.93. The van der Waals surface area contributed by atoms with Crippen molar-refractivity contribution in [1.29, 1.82) is 0 Å². The third-order valence-corrected chi connectivity index (χ3v) is 6.00. The monoisotopic (exact) mass is 513 g/mol. The van der Waals surface area contributed by atoms with Crippen molar-refractivity contribution in [2.24, 2.45) is 0 Å². The van der Waals surface area contributed by atoms with Gasteiger partial charge in [-0.25, -0.2) is 0 Å². The molecule has 1 amide bonds. The van der Waals surface area contributed by atoms with Crippen molar-refractivity contribution in [3.8, 4) is 0 Å². The summed E-state index contributed by atoms with van der Waals surface area (Å²) in [6, 6.07) is 16.1. The molecule has 2 aromatic carbocycles. The summed E-state index contributed by atoms with van der Waals surface area (Å²) in [5, 5.41) is 11.2. The highest BCUT2D eigenvalue weighted by Gasteiger charge is 2.46. The van der Waals surface area contributed by atoms with Crippen LogP contribution < -0.4 is 0 Å². The Morgan fingerprint density at radius 2 is 1.83 bits per heavy atom. The molecule has 1 atom stereocenters. The fourth-order valence-electron chi connectivity index (χ4n) is 3.74. The van der Waals surface area contributed by atoms with Crippen LogP contribution in [0.3, 0.4) is 0 Å². The number of carbonyl (C=O) groups excluding carboxylic acids is 2. The summed E-state index contributed by atoms with van der Waals surface area (Å²) in [5.74, 6) is -0.926. The van der Waals surface area contributed by atoms with E-state index in [0.29, 0.717) is 11.3 Å². The zero-order chi connectivity index (χ0) is 21.4.